The van der Waals surface area contributed by atoms with Crippen molar-refractivity contribution in [1.82, 2.24) is 9.31 Å². The number of rotatable bonds is 8. The Kier molecular flexibility index (Phi) is 9.03. The summed E-state index contributed by atoms with van der Waals surface area (Å²) in [6.45, 7) is -0.230. The molecule has 41 heavy (non-hydrogen) atoms. The molecule has 0 amide bonds. The fourth-order valence-electron chi connectivity index (χ4n) is 4.47. The zero-order valence-electron chi connectivity index (χ0n) is 21.6. The minimum Gasteiger partial charge on any atom is -0.481 e. The van der Waals surface area contributed by atoms with Crippen LogP contribution in [0.4, 0.5) is 13.2 Å². The Balaban J connectivity index is 1.72. The molecule has 0 aliphatic carbocycles. The summed E-state index contributed by atoms with van der Waals surface area (Å²) in [5.41, 5.74) is 1.23. The maximum absolute atomic E-state index is 13.6. The van der Waals surface area contributed by atoms with E-state index in [9.17, 15) is 26.4 Å². The molecule has 13 heteroatoms. The Morgan fingerprint density at radius 2 is 1.68 bits per heavy atom. The molecule has 8 nitrogen and oxygen atoms in total. The van der Waals surface area contributed by atoms with E-state index in [0.29, 0.717) is 39.2 Å². The minimum absolute atomic E-state index is 0.133. The second-order valence-corrected chi connectivity index (χ2v) is 11.6. The van der Waals surface area contributed by atoms with Gasteiger partial charge in [-0.2, -0.15) is 18.3 Å². The van der Waals surface area contributed by atoms with Crippen molar-refractivity contribution in [2.75, 3.05) is 13.1 Å². The molecule has 1 unspecified atom stereocenters. The van der Waals surface area contributed by atoms with Gasteiger partial charge in [0.05, 0.1) is 16.2 Å². The molecule has 1 aliphatic heterocycles. The van der Waals surface area contributed by atoms with Gasteiger partial charge in [-0.1, -0.05) is 54.1 Å². The summed E-state index contributed by atoms with van der Waals surface area (Å²) in [6.07, 6.45) is -4.70. The van der Waals surface area contributed by atoms with E-state index in [4.69, 9.17) is 22.1 Å². The van der Waals surface area contributed by atoms with Crippen LogP contribution in [0.1, 0.15) is 41.9 Å². The van der Waals surface area contributed by atoms with Gasteiger partial charge in [-0.25, -0.2) is 17.7 Å². The molecule has 0 radical (unpaired) electrons. The van der Waals surface area contributed by atoms with Crippen LogP contribution in [0.3, 0.4) is 0 Å². The number of carboxylic acid groups (broad SMARTS) is 1. The van der Waals surface area contributed by atoms with Crippen molar-refractivity contribution in [3.63, 3.8) is 0 Å². The number of guanidine groups is 1. The molecule has 1 heterocycles. The van der Waals surface area contributed by atoms with E-state index in [1.54, 1.807) is 24.3 Å². The summed E-state index contributed by atoms with van der Waals surface area (Å²) in [7, 11) is -4.54. The maximum Gasteiger partial charge on any atom is 0.416 e. The second-order valence-electron chi connectivity index (χ2n) is 9.29. The van der Waals surface area contributed by atoms with Gasteiger partial charge in [0.2, 0.25) is 5.96 Å². The van der Waals surface area contributed by atoms with E-state index in [1.807, 2.05) is 30.3 Å². The zero-order chi connectivity index (χ0) is 29.8. The number of nitrogens with one attached hydrogen (secondary N) is 1. The molecule has 4 rings (SSSR count). The predicted molar refractivity (Wildman–Crippen MR) is 148 cm³/mol. The van der Waals surface area contributed by atoms with Crippen molar-refractivity contribution in [3.05, 3.63) is 101 Å². The highest BCUT2D eigenvalue weighted by atomic mass is 35.5. The summed E-state index contributed by atoms with van der Waals surface area (Å²) in [4.78, 5) is 10.7. The van der Waals surface area contributed by atoms with E-state index in [0.717, 1.165) is 17.7 Å². The molecular formula is C28H26ClF3N4O4S. The summed E-state index contributed by atoms with van der Waals surface area (Å²) >= 11 is 6.08. The van der Waals surface area contributed by atoms with Crippen LogP contribution in [0.5, 0.6) is 0 Å². The number of sulfonamides is 1. The number of halogens is 4. The first-order valence-electron chi connectivity index (χ1n) is 12.5. The molecule has 0 spiro atoms. The summed E-state index contributed by atoms with van der Waals surface area (Å²) in [6, 6.07) is 19.4. The van der Waals surface area contributed by atoms with Crippen LogP contribution in [0.15, 0.2) is 88.9 Å². The first kappa shape index (κ1) is 30.1. The second kappa shape index (κ2) is 12.3. The van der Waals surface area contributed by atoms with Crippen LogP contribution in [0.25, 0.3) is 0 Å². The molecule has 3 aromatic carbocycles. The third-order valence-corrected chi connectivity index (χ3v) is 8.59. The Bertz CT molecular complexity index is 1530. The van der Waals surface area contributed by atoms with Crippen molar-refractivity contribution in [3.8, 4) is 0 Å². The van der Waals surface area contributed by atoms with Crippen molar-refractivity contribution < 1.29 is 31.5 Å². The molecule has 1 aliphatic rings. The Morgan fingerprint density at radius 1 is 1.05 bits per heavy atom. The van der Waals surface area contributed by atoms with Crippen LogP contribution in [0, 0.1) is 5.41 Å². The van der Waals surface area contributed by atoms with E-state index in [-0.39, 0.29) is 31.8 Å². The lowest BCUT2D eigenvalue weighted by Gasteiger charge is -2.35. The largest absolute Gasteiger partial charge is 0.481 e. The van der Waals surface area contributed by atoms with Crippen LogP contribution >= 0.6 is 11.6 Å². The van der Waals surface area contributed by atoms with Gasteiger partial charge in [0.25, 0.3) is 10.0 Å². The van der Waals surface area contributed by atoms with Crippen molar-refractivity contribution in [2.24, 2.45) is 5.10 Å². The molecule has 216 valence electrons. The number of nitrogens with zero attached hydrogens (tertiary/aromatic N) is 3. The summed E-state index contributed by atoms with van der Waals surface area (Å²) in [5.74, 6) is -1.88. The molecule has 2 N–H and O–H groups in total. The van der Waals surface area contributed by atoms with E-state index in [2.05, 4.69) is 5.10 Å². The normalized spacial score (nSPS) is 15.8. The third-order valence-electron chi connectivity index (χ3n) is 6.53. The Morgan fingerprint density at radius 3 is 2.27 bits per heavy atom. The summed E-state index contributed by atoms with van der Waals surface area (Å²) in [5, 5.41) is 24.3. The van der Waals surface area contributed by atoms with E-state index >= 15 is 0 Å². The molecule has 0 aromatic heterocycles. The number of carboxylic acids is 1. The van der Waals surface area contributed by atoms with Crippen LogP contribution in [-0.2, 0) is 21.0 Å². The van der Waals surface area contributed by atoms with Crippen LogP contribution in [-0.4, -0.2) is 53.6 Å². The maximum atomic E-state index is 13.6. The standard InChI is InChI=1S/C28H26ClF3N4O4S/c29-22-12-8-20(9-13-22)26-24(19-5-2-1-3-6-19)16-18-35(34-26)27(33)36(17-4-7-25(37)38)41(39,40)23-14-10-21(11-15-23)28(30,31)32/h1-3,5-6,8-15,24,33H,4,7,16-18H2,(H,37,38). The lowest BCUT2D eigenvalue weighted by atomic mass is 9.86. The number of hydrogen-bond donors (Lipinski definition) is 2. The van der Waals surface area contributed by atoms with Gasteiger partial charge in [0, 0.05) is 30.5 Å². The molecule has 0 saturated carbocycles. The van der Waals surface area contributed by atoms with Gasteiger partial charge in [0.15, 0.2) is 0 Å². The molecule has 1 atom stereocenters. The molecule has 0 bridgehead atoms. The monoisotopic (exact) mass is 606 g/mol. The SMILES string of the molecule is N=C(N1CCC(c2ccccc2)C(c2ccc(Cl)cc2)=N1)N(CCCC(=O)O)S(=O)(=O)c1ccc(C(F)(F)F)cc1. The highest BCUT2D eigenvalue weighted by molar-refractivity contribution is 7.89. The first-order valence-corrected chi connectivity index (χ1v) is 14.4. The van der Waals surface area contributed by atoms with E-state index < -0.39 is 38.6 Å². The predicted octanol–water partition coefficient (Wildman–Crippen LogP) is 6.04. The quantitative estimate of drug-likeness (QED) is 0.240. The van der Waals surface area contributed by atoms with Gasteiger partial charge < -0.3 is 5.11 Å². The van der Waals surface area contributed by atoms with Gasteiger partial charge in [0.1, 0.15) is 0 Å². The van der Waals surface area contributed by atoms with Gasteiger partial charge >= 0.3 is 12.1 Å². The van der Waals surface area contributed by atoms with Crippen LogP contribution in [0.2, 0.25) is 5.02 Å². The van der Waals surface area contributed by atoms with Gasteiger partial charge in [-0.15, -0.1) is 0 Å². The average Bonchev–Trinajstić information content (AvgIpc) is 2.95. The fourth-order valence-corrected chi connectivity index (χ4v) is 6.02. The first-order chi connectivity index (χ1) is 19.4. The lowest BCUT2D eigenvalue weighted by molar-refractivity contribution is -0.138. The lowest BCUT2D eigenvalue weighted by Crippen LogP contribution is -2.47. The number of hydrogen-bond acceptors (Lipinski definition) is 5. The Labute approximate surface area is 240 Å². The molecule has 0 fully saturated rings. The van der Waals surface area contributed by atoms with Gasteiger partial charge in [-0.3, -0.25) is 10.2 Å². The minimum atomic E-state index is -4.66. The van der Waals surface area contributed by atoms with Crippen LogP contribution < -0.4 is 0 Å². The zero-order valence-corrected chi connectivity index (χ0v) is 23.1. The molecule has 3 aromatic rings. The highest BCUT2D eigenvalue weighted by Gasteiger charge is 2.35. The number of hydrazone groups is 1. The van der Waals surface area contributed by atoms with Crippen molar-refractivity contribution in [2.45, 2.75) is 36.3 Å². The summed E-state index contributed by atoms with van der Waals surface area (Å²) < 4.78 is 67.1. The number of aliphatic carboxylic acids is 1. The fraction of sp³-hybridized carbons (Fsp3) is 0.250. The smallest absolute Gasteiger partial charge is 0.416 e. The van der Waals surface area contributed by atoms with E-state index in [1.165, 1.54) is 5.01 Å². The molecule has 0 saturated heterocycles. The average molecular weight is 607 g/mol. The molecular weight excluding hydrogens is 581 g/mol. The Hall–Kier alpha value is -3.90. The topological polar surface area (TPSA) is 114 Å². The van der Waals surface area contributed by atoms with Crippen molar-refractivity contribution >= 4 is 39.3 Å². The number of carbonyl (C=O) groups is 1. The third kappa shape index (κ3) is 7.06. The van der Waals surface area contributed by atoms with Crippen molar-refractivity contribution in [1.29, 1.82) is 5.41 Å². The number of alkyl halides is 3. The highest BCUT2D eigenvalue weighted by Crippen LogP contribution is 2.32. The number of benzene rings is 3. The van der Waals surface area contributed by atoms with Gasteiger partial charge in [-0.05, 0) is 60.4 Å².